The molecule has 2 heterocycles. The zero-order chi connectivity index (χ0) is 10.5. The highest BCUT2D eigenvalue weighted by Crippen LogP contribution is 2.27. The first kappa shape index (κ1) is 9.18. The Morgan fingerprint density at radius 1 is 0.857 bits per heavy atom. The zero-order valence-electron chi connectivity index (χ0n) is 9.11. The van der Waals surface area contributed by atoms with Crippen molar-refractivity contribution in [3.8, 4) is 0 Å². The number of hydrogen-bond acceptors (Lipinski definition) is 4. The Labute approximate surface area is 84.2 Å². The molecule has 2 rings (SSSR count). The van der Waals surface area contributed by atoms with Gasteiger partial charge in [0, 0.05) is 28.2 Å². The summed E-state index contributed by atoms with van der Waals surface area (Å²) in [4.78, 5) is 19.8. The highest BCUT2D eigenvalue weighted by atomic mass is 16.2. The van der Waals surface area contributed by atoms with E-state index >= 15 is 0 Å². The lowest BCUT2D eigenvalue weighted by atomic mass is 10.3. The maximum atomic E-state index is 11.9. The van der Waals surface area contributed by atoms with Gasteiger partial charge in [-0.2, -0.15) is 0 Å². The first-order chi connectivity index (χ1) is 6.52. The van der Waals surface area contributed by atoms with Gasteiger partial charge >= 0.3 is 0 Å². The maximum Gasteiger partial charge on any atom is 0.275 e. The zero-order valence-corrected chi connectivity index (χ0v) is 9.11. The van der Waals surface area contributed by atoms with Crippen LogP contribution in [0.1, 0.15) is 0 Å². The Balaban J connectivity index is 2.45. The predicted molar refractivity (Wildman–Crippen MR) is 52.8 cm³/mol. The van der Waals surface area contributed by atoms with Crippen LogP contribution in [0, 0.1) is 0 Å². The fourth-order valence-corrected chi connectivity index (χ4v) is 2.17. The molecule has 0 fully saturated rings. The van der Waals surface area contributed by atoms with Crippen molar-refractivity contribution in [2.45, 2.75) is 0 Å². The lowest BCUT2D eigenvalue weighted by Crippen LogP contribution is -2.45. The molecule has 2 aliphatic rings. The molecule has 0 bridgehead atoms. The van der Waals surface area contributed by atoms with E-state index in [1.54, 1.807) is 4.90 Å². The van der Waals surface area contributed by atoms with Crippen molar-refractivity contribution in [3.63, 3.8) is 0 Å². The van der Waals surface area contributed by atoms with Crippen molar-refractivity contribution in [2.75, 3.05) is 41.5 Å². The second-order valence-electron chi connectivity index (χ2n) is 4.05. The Hall–Kier alpha value is -1.39. The molecule has 0 saturated heterocycles. The molecule has 0 aromatic heterocycles. The highest BCUT2D eigenvalue weighted by molar-refractivity contribution is 5.94. The minimum atomic E-state index is 0.116. The third-order valence-corrected chi connectivity index (χ3v) is 2.71. The van der Waals surface area contributed by atoms with Crippen molar-refractivity contribution >= 4 is 5.91 Å². The molecule has 1 amide bonds. The third-order valence-electron chi connectivity index (χ3n) is 2.71. The van der Waals surface area contributed by atoms with E-state index in [0.717, 1.165) is 18.2 Å². The number of likely N-dealkylation sites (N-methyl/N-ethyl adjacent to an activating group) is 2. The summed E-state index contributed by atoms with van der Waals surface area (Å²) in [6.07, 6.45) is 0. The molecule has 0 radical (unpaired) electrons. The molecule has 0 saturated carbocycles. The van der Waals surface area contributed by atoms with Crippen LogP contribution in [0.3, 0.4) is 0 Å². The Morgan fingerprint density at radius 3 is 1.93 bits per heavy atom. The van der Waals surface area contributed by atoms with E-state index in [-0.39, 0.29) is 5.91 Å². The molecule has 0 spiro atoms. The first-order valence-corrected chi connectivity index (χ1v) is 4.65. The van der Waals surface area contributed by atoms with E-state index in [4.69, 9.17) is 0 Å². The normalized spacial score (nSPS) is 22.4. The minimum Gasteiger partial charge on any atom is -0.349 e. The van der Waals surface area contributed by atoms with Crippen molar-refractivity contribution in [1.29, 1.82) is 0 Å². The fourth-order valence-electron chi connectivity index (χ4n) is 2.17. The van der Waals surface area contributed by atoms with E-state index in [2.05, 4.69) is 9.80 Å². The lowest BCUT2D eigenvalue weighted by molar-refractivity contribution is -0.130. The van der Waals surface area contributed by atoms with Crippen LogP contribution in [0.2, 0.25) is 0 Å². The van der Waals surface area contributed by atoms with E-state index in [1.165, 1.54) is 0 Å². The van der Waals surface area contributed by atoms with Crippen molar-refractivity contribution < 1.29 is 4.79 Å². The number of rotatable bonds is 0. The van der Waals surface area contributed by atoms with Crippen molar-refractivity contribution in [2.24, 2.45) is 0 Å². The molecule has 0 aliphatic carbocycles. The molecule has 0 N–H and O–H groups in total. The smallest absolute Gasteiger partial charge is 0.275 e. The minimum absolute atomic E-state index is 0.116. The second-order valence-corrected chi connectivity index (χ2v) is 4.05. The first-order valence-electron chi connectivity index (χ1n) is 4.65. The monoisotopic (exact) mass is 196 g/mol. The van der Waals surface area contributed by atoms with Crippen LogP contribution in [0.15, 0.2) is 11.5 Å². The lowest BCUT2D eigenvalue weighted by Gasteiger charge is -2.34. The molecule has 14 heavy (non-hydrogen) atoms. The van der Waals surface area contributed by atoms with Crippen LogP contribution in [0.4, 0.5) is 0 Å². The summed E-state index contributed by atoms with van der Waals surface area (Å²) in [7, 11) is 7.79. The van der Waals surface area contributed by atoms with Gasteiger partial charge in [0.25, 0.3) is 5.91 Å². The largest absolute Gasteiger partial charge is 0.349 e. The Kier molecular flexibility index (Phi) is 1.83. The number of carbonyl (C=O) groups is 1. The van der Waals surface area contributed by atoms with Crippen LogP contribution >= 0.6 is 0 Å². The van der Waals surface area contributed by atoms with Crippen LogP contribution < -0.4 is 0 Å². The maximum absolute atomic E-state index is 11.9. The molecular formula is C9H16N4O. The SMILES string of the molecule is CN1CN(C)C2=C(C1=O)N(C)CN2C. The molecule has 5 nitrogen and oxygen atoms in total. The van der Waals surface area contributed by atoms with Gasteiger partial charge in [-0.1, -0.05) is 0 Å². The molecule has 0 unspecified atom stereocenters. The summed E-state index contributed by atoms with van der Waals surface area (Å²) < 4.78 is 0. The van der Waals surface area contributed by atoms with Gasteiger partial charge in [0.1, 0.15) is 11.5 Å². The standard InChI is InChI=1S/C9H16N4O/c1-10-5-11(2)8-7(10)9(14)13(4)6-12(8)3/h5-6H2,1-4H3. The van der Waals surface area contributed by atoms with E-state index in [9.17, 15) is 4.79 Å². The van der Waals surface area contributed by atoms with E-state index < -0.39 is 0 Å². The second kappa shape index (κ2) is 2.80. The third kappa shape index (κ3) is 1.05. The summed E-state index contributed by atoms with van der Waals surface area (Å²) in [6.45, 7) is 1.45. The van der Waals surface area contributed by atoms with Gasteiger partial charge < -0.3 is 19.6 Å². The molecule has 0 aromatic rings. The van der Waals surface area contributed by atoms with Gasteiger partial charge in [-0.3, -0.25) is 4.79 Å². The van der Waals surface area contributed by atoms with Gasteiger partial charge in [0.15, 0.2) is 0 Å². The predicted octanol–water partition coefficient (Wildman–Crippen LogP) is -0.648. The molecular weight excluding hydrogens is 180 g/mol. The highest BCUT2D eigenvalue weighted by Gasteiger charge is 2.37. The van der Waals surface area contributed by atoms with Crippen molar-refractivity contribution in [1.82, 2.24) is 19.6 Å². The van der Waals surface area contributed by atoms with Crippen LogP contribution in [0.25, 0.3) is 0 Å². The van der Waals surface area contributed by atoms with Gasteiger partial charge in [0.2, 0.25) is 0 Å². The van der Waals surface area contributed by atoms with E-state index in [0.29, 0.717) is 6.67 Å². The number of amides is 1. The number of nitrogens with zero attached hydrogens (tertiary/aromatic N) is 4. The summed E-state index contributed by atoms with van der Waals surface area (Å²) in [5.74, 6) is 1.15. The van der Waals surface area contributed by atoms with Crippen LogP contribution in [-0.2, 0) is 4.79 Å². The topological polar surface area (TPSA) is 30.0 Å². The molecule has 2 aliphatic heterocycles. The van der Waals surface area contributed by atoms with E-state index in [1.807, 2.05) is 33.1 Å². The molecule has 0 aromatic carbocycles. The number of hydrogen-bond donors (Lipinski definition) is 0. The van der Waals surface area contributed by atoms with Crippen LogP contribution in [0.5, 0.6) is 0 Å². The van der Waals surface area contributed by atoms with Gasteiger partial charge in [-0.05, 0) is 0 Å². The molecule has 78 valence electrons. The number of carbonyl (C=O) groups excluding carboxylic acids is 1. The molecule has 0 atom stereocenters. The molecule has 5 heteroatoms. The summed E-state index contributed by atoms with van der Waals surface area (Å²) in [5, 5.41) is 0. The van der Waals surface area contributed by atoms with Gasteiger partial charge in [0.05, 0.1) is 13.3 Å². The average molecular weight is 196 g/mol. The van der Waals surface area contributed by atoms with Crippen molar-refractivity contribution in [3.05, 3.63) is 11.5 Å². The summed E-state index contributed by atoms with van der Waals surface area (Å²) in [5.41, 5.74) is 0.809. The quantitative estimate of drug-likeness (QED) is 0.515. The van der Waals surface area contributed by atoms with Crippen LogP contribution in [-0.4, -0.2) is 67.0 Å². The van der Waals surface area contributed by atoms with Gasteiger partial charge in [-0.25, -0.2) is 0 Å². The fraction of sp³-hybridized carbons (Fsp3) is 0.667. The summed E-state index contributed by atoms with van der Waals surface area (Å²) in [6, 6.07) is 0. The Bertz CT molecular complexity index is 312. The summed E-state index contributed by atoms with van der Waals surface area (Å²) >= 11 is 0. The Morgan fingerprint density at radius 2 is 1.36 bits per heavy atom. The average Bonchev–Trinajstić information content (AvgIpc) is 2.38. The van der Waals surface area contributed by atoms with Gasteiger partial charge in [-0.15, -0.1) is 0 Å².